The molecule has 5 nitrogen and oxygen atoms in total. The van der Waals surface area contributed by atoms with E-state index in [0.717, 1.165) is 38.8 Å². The Hall–Kier alpha value is -2.99. The molecule has 0 atom stereocenters. The van der Waals surface area contributed by atoms with Gasteiger partial charge < -0.3 is 15.6 Å². The smallest absolute Gasteiger partial charge is 0.171 e. The maximum atomic E-state index is 5.26. The minimum absolute atomic E-state index is 0.561. The molecule has 2 heterocycles. The summed E-state index contributed by atoms with van der Waals surface area (Å²) in [6.07, 6.45) is 1.76. The summed E-state index contributed by atoms with van der Waals surface area (Å²) >= 11 is 5.26. The van der Waals surface area contributed by atoms with Gasteiger partial charge in [-0.15, -0.1) is 6.58 Å². The number of rotatable bonds is 3. The van der Waals surface area contributed by atoms with E-state index in [1.807, 2.05) is 42.5 Å². The van der Waals surface area contributed by atoms with Crippen LogP contribution in [0, 0.1) is 0 Å². The molecular weight excluding hydrogens is 318 g/mol. The first-order valence-electron chi connectivity index (χ1n) is 7.58. The minimum atomic E-state index is 0.561. The van der Waals surface area contributed by atoms with Gasteiger partial charge in [0.1, 0.15) is 5.52 Å². The summed E-state index contributed by atoms with van der Waals surface area (Å²) in [6.45, 7) is 4.29. The zero-order valence-corrected chi connectivity index (χ0v) is 13.7. The molecule has 0 radical (unpaired) electrons. The van der Waals surface area contributed by atoms with Gasteiger partial charge in [0.2, 0.25) is 0 Å². The Balaban J connectivity index is 1.80. The second-order valence-electron chi connectivity index (χ2n) is 5.42. The normalized spacial score (nSPS) is 11.0. The van der Waals surface area contributed by atoms with E-state index >= 15 is 0 Å². The van der Waals surface area contributed by atoms with Crippen LogP contribution in [0.4, 0.5) is 5.69 Å². The Labute approximate surface area is 143 Å². The molecule has 0 unspecified atom stereocenters. The summed E-state index contributed by atoms with van der Waals surface area (Å²) < 4.78 is 0. The van der Waals surface area contributed by atoms with Crippen LogP contribution < -0.4 is 10.6 Å². The highest BCUT2D eigenvalue weighted by Crippen LogP contribution is 2.27. The maximum absolute atomic E-state index is 5.26. The van der Waals surface area contributed by atoms with E-state index in [1.54, 1.807) is 6.08 Å². The first kappa shape index (κ1) is 14.6. The molecule has 0 aliphatic carbocycles. The largest absolute Gasteiger partial charge is 0.359 e. The van der Waals surface area contributed by atoms with Crippen molar-refractivity contribution in [3.63, 3.8) is 0 Å². The van der Waals surface area contributed by atoms with E-state index in [4.69, 9.17) is 17.2 Å². The fourth-order valence-corrected chi connectivity index (χ4v) is 2.87. The standard InChI is InChI=1S/C18H15N5S/c1-2-9-19-18(24)20-11-7-8-13-12(10-11)16-17(22-13)23-15-6-4-3-5-14(15)21-16/h2-8,10H,1,9H2,(H,22,23)(H2,19,20,24). The monoisotopic (exact) mass is 333 g/mol. The zero-order valence-electron chi connectivity index (χ0n) is 12.8. The number of aromatic amines is 1. The average molecular weight is 333 g/mol. The number of nitrogens with zero attached hydrogens (tertiary/aromatic N) is 2. The lowest BCUT2D eigenvalue weighted by atomic mass is 10.2. The molecule has 118 valence electrons. The number of thiocarbonyl (C=S) groups is 1. The molecule has 3 N–H and O–H groups in total. The van der Waals surface area contributed by atoms with Crippen LogP contribution in [0.1, 0.15) is 0 Å². The zero-order chi connectivity index (χ0) is 16.5. The minimum Gasteiger partial charge on any atom is -0.359 e. The summed E-state index contributed by atoms with van der Waals surface area (Å²) in [5, 5.41) is 7.80. The molecule has 0 amide bonds. The van der Waals surface area contributed by atoms with Crippen molar-refractivity contribution in [1.29, 1.82) is 0 Å². The van der Waals surface area contributed by atoms with Gasteiger partial charge in [-0.2, -0.15) is 0 Å². The van der Waals surface area contributed by atoms with Crippen molar-refractivity contribution in [2.45, 2.75) is 0 Å². The van der Waals surface area contributed by atoms with Gasteiger partial charge in [0, 0.05) is 23.1 Å². The summed E-state index contributed by atoms with van der Waals surface area (Å²) in [5.41, 5.74) is 5.30. The summed E-state index contributed by atoms with van der Waals surface area (Å²) in [6, 6.07) is 13.9. The molecule has 0 aliphatic rings. The fourth-order valence-electron chi connectivity index (χ4n) is 2.67. The highest BCUT2D eigenvalue weighted by Gasteiger charge is 2.09. The molecule has 0 fully saturated rings. The molecule has 0 bridgehead atoms. The lowest BCUT2D eigenvalue weighted by molar-refractivity contribution is 1.06. The second-order valence-corrected chi connectivity index (χ2v) is 5.83. The van der Waals surface area contributed by atoms with Gasteiger partial charge in [-0.1, -0.05) is 18.2 Å². The number of nitrogens with one attached hydrogen (secondary N) is 3. The second kappa shape index (κ2) is 5.90. The quantitative estimate of drug-likeness (QED) is 0.394. The van der Waals surface area contributed by atoms with E-state index < -0.39 is 0 Å². The highest BCUT2D eigenvalue weighted by molar-refractivity contribution is 7.80. The summed E-state index contributed by atoms with van der Waals surface area (Å²) in [4.78, 5) is 12.7. The Kier molecular flexibility index (Phi) is 3.59. The molecule has 2 aromatic carbocycles. The third kappa shape index (κ3) is 2.57. The van der Waals surface area contributed by atoms with Gasteiger partial charge in [0.15, 0.2) is 10.8 Å². The highest BCUT2D eigenvalue weighted by atomic mass is 32.1. The third-order valence-corrected chi connectivity index (χ3v) is 4.01. The Bertz CT molecular complexity index is 1080. The number of hydrogen-bond acceptors (Lipinski definition) is 3. The van der Waals surface area contributed by atoms with Gasteiger partial charge in [0.05, 0.1) is 11.0 Å². The summed E-state index contributed by atoms with van der Waals surface area (Å²) in [5.74, 6) is 0. The molecule has 6 heteroatoms. The van der Waals surface area contributed by atoms with Crippen LogP contribution in [0.2, 0.25) is 0 Å². The van der Waals surface area contributed by atoms with Crippen molar-refractivity contribution in [3.8, 4) is 0 Å². The Morgan fingerprint density at radius 3 is 2.75 bits per heavy atom. The maximum Gasteiger partial charge on any atom is 0.171 e. The van der Waals surface area contributed by atoms with Gasteiger partial charge in [0.25, 0.3) is 0 Å². The Morgan fingerprint density at radius 2 is 1.96 bits per heavy atom. The van der Waals surface area contributed by atoms with E-state index in [-0.39, 0.29) is 0 Å². The fraction of sp³-hybridized carbons (Fsp3) is 0.0556. The van der Waals surface area contributed by atoms with Crippen LogP contribution >= 0.6 is 12.2 Å². The molecular formula is C18H15N5S. The van der Waals surface area contributed by atoms with Gasteiger partial charge >= 0.3 is 0 Å². The average Bonchev–Trinajstić information content (AvgIpc) is 2.95. The lowest BCUT2D eigenvalue weighted by Gasteiger charge is -2.08. The number of benzene rings is 2. The predicted molar refractivity (Wildman–Crippen MR) is 103 cm³/mol. The topological polar surface area (TPSA) is 65.6 Å². The van der Waals surface area contributed by atoms with E-state index in [2.05, 4.69) is 27.2 Å². The molecule has 4 aromatic rings. The summed E-state index contributed by atoms with van der Waals surface area (Å²) in [7, 11) is 0. The molecule has 4 rings (SSSR count). The van der Waals surface area contributed by atoms with Crippen LogP contribution in [-0.2, 0) is 0 Å². The first-order chi connectivity index (χ1) is 11.7. The van der Waals surface area contributed by atoms with Gasteiger partial charge in [-0.05, 0) is 42.5 Å². The molecule has 0 spiro atoms. The first-order valence-corrected chi connectivity index (χ1v) is 7.99. The van der Waals surface area contributed by atoms with Crippen molar-refractivity contribution in [2.75, 3.05) is 11.9 Å². The molecule has 0 aliphatic heterocycles. The number of fused-ring (bicyclic) bond motifs is 4. The predicted octanol–water partition coefficient (Wildman–Crippen LogP) is 3.74. The van der Waals surface area contributed by atoms with Crippen molar-refractivity contribution < 1.29 is 0 Å². The number of para-hydroxylation sites is 2. The molecule has 0 saturated carbocycles. The lowest BCUT2D eigenvalue weighted by Crippen LogP contribution is -2.28. The van der Waals surface area contributed by atoms with Crippen LogP contribution in [0.15, 0.2) is 55.1 Å². The van der Waals surface area contributed by atoms with E-state index in [0.29, 0.717) is 11.7 Å². The van der Waals surface area contributed by atoms with E-state index in [9.17, 15) is 0 Å². The van der Waals surface area contributed by atoms with Crippen molar-refractivity contribution >= 4 is 56.1 Å². The van der Waals surface area contributed by atoms with E-state index in [1.165, 1.54) is 0 Å². The van der Waals surface area contributed by atoms with Gasteiger partial charge in [-0.3, -0.25) is 0 Å². The van der Waals surface area contributed by atoms with Crippen molar-refractivity contribution in [2.24, 2.45) is 0 Å². The molecule has 2 aromatic heterocycles. The SMILES string of the molecule is C=CCNC(=S)Nc1ccc2[nH]c3nc4ccccc4nc3c2c1. The third-order valence-electron chi connectivity index (χ3n) is 3.76. The number of aromatic nitrogens is 3. The van der Waals surface area contributed by atoms with Crippen LogP contribution in [0.5, 0.6) is 0 Å². The van der Waals surface area contributed by atoms with Crippen molar-refractivity contribution in [1.82, 2.24) is 20.3 Å². The van der Waals surface area contributed by atoms with Gasteiger partial charge in [-0.25, -0.2) is 9.97 Å². The Morgan fingerprint density at radius 1 is 1.17 bits per heavy atom. The number of anilines is 1. The molecule has 0 saturated heterocycles. The van der Waals surface area contributed by atoms with Crippen molar-refractivity contribution in [3.05, 3.63) is 55.1 Å². The molecule has 24 heavy (non-hydrogen) atoms. The number of H-pyrrole nitrogens is 1. The van der Waals surface area contributed by atoms with Crippen LogP contribution in [0.3, 0.4) is 0 Å². The number of hydrogen-bond donors (Lipinski definition) is 3. The van der Waals surface area contributed by atoms with Crippen LogP contribution in [-0.4, -0.2) is 26.6 Å². The van der Waals surface area contributed by atoms with Crippen LogP contribution in [0.25, 0.3) is 33.1 Å².